The molecule has 0 unspecified atom stereocenters. The number of carbonyl (C=O) groups excluding carboxylic acids is 2. The molecule has 1 aliphatic heterocycles. The Hall–Kier alpha value is -0.860. The Bertz CT molecular complexity index is 246. The molecule has 2 atom stereocenters. The number of hydrogen-bond donors (Lipinski definition) is 0. The molecule has 0 radical (unpaired) electrons. The van der Waals surface area contributed by atoms with Crippen LogP contribution in [-0.2, 0) is 14.3 Å². The highest BCUT2D eigenvalue weighted by Crippen LogP contribution is 2.46. The van der Waals surface area contributed by atoms with E-state index in [1.165, 1.54) is 0 Å². The van der Waals surface area contributed by atoms with Crippen molar-refractivity contribution in [1.82, 2.24) is 0 Å². The topological polar surface area (TPSA) is 43.4 Å². The molecule has 1 saturated heterocycles. The number of carbonyl (C=O) groups is 2. The molecule has 12 heavy (non-hydrogen) atoms. The normalized spacial score (nSPS) is 40.9. The fourth-order valence-corrected chi connectivity index (χ4v) is 2.23. The maximum absolute atomic E-state index is 11.3. The third-order valence-electron chi connectivity index (χ3n) is 3.15. The zero-order valence-corrected chi connectivity index (χ0v) is 7.13. The van der Waals surface area contributed by atoms with Gasteiger partial charge in [-0.05, 0) is 19.8 Å². The van der Waals surface area contributed by atoms with Crippen LogP contribution < -0.4 is 0 Å². The summed E-state index contributed by atoms with van der Waals surface area (Å²) in [5.41, 5.74) is -0.491. The number of rotatable bonds is 0. The number of hydrogen-bond acceptors (Lipinski definition) is 3. The van der Waals surface area contributed by atoms with Crippen molar-refractivity contribution in [3.05, 3.63) is 0 Å². The summed E-state index contributed by atoms with van der Waals surface area (Å²) in [5, 5.41) is 0. The summed E-state index contributed by atoms with van der Waals surface area (Å²) in [6.45, 7) is 1.85. The van der Waals surface area contributed by atoms with Gasteiger partial charge in [-0.1, -0.05) is 12.8 Å². The standard InChI is InChI=1S/C9H12O3/c1-9-5-3-2-4-6(9)7(10)12-8(9)11/h6H,2-5H2,1H3/t6-,9-/m0/s1. The van der Waals surface area contributed by atoms with Gasteiger partial charge in [-0.15, -0.1) is 0 Å². The van der Waals surface area contributed by atoms with E-state index < -0.39 is 5.41 Å². The number of esters is 2. The van der Waals surface area contributed by atoms with Gasteiger partial charge in [-0.25, -0.2) is 0 Å². The van der Waals surface area contributed by atoms with Crippen molar-refractivity contribution in [2.45, 2.75) is 32.6 Å². The summed E-state index contributed by atoms with van der Waals surface area (Å²) in [6.07, 6.45) is 3.71. The predicted octanol–water partition coefficient (Wildman–Crippen LogP) is 1.27. The Labute approximate surface area is 71.1 Å². The highest BCUT2D eigenvalue weighted by atomic mass is 16.6. The third-order valence-corrected chi connectivity index (χ3v) is 3.15. The molecule has 1 heterocycles. The van der Waals surface area contributed by atoms with Crippen LogP contribution >= 0.6 is 0 Å². The summed E-state index contributed by atoms with van der Waals surface area (Å²) in [4.78, 5) is 22.5. The van der Waals surface area contributed by atoms with Crippen LogP contribution in [0.1, 0.15) is 32.6 Å². The summed E-state index contributed by atoms with van der Waals surface area (Å²) in [6, 6.07) is 0. The zero-order chi connectivity index (χ0) is 8.77. The van der Waals surface area contributed by atoms with Gasteiger partial charge in [0, 0.05) is 0 Å². The van der Waals surface area contributed by atoms with Crippen LogP contribution in [0.25, 0.3) is 0 Å². The second-order valence-corrected chi connectivity index (χ2v) is 3.92. The molecule has 0 N–H and O–H groups in total. The minimum absolute atomic E-state index is 0.154. The van der Waals surface area contributed by atoms with Crippen LogP contribution in [0.15, 0.2) is 0 Å². The molecule has 0 amide bonds. The van der Waals surface area contributed by atoms with Gasteiger partial charge < -0.3 is 4.74 Å². The van der Waals surface area contributed by atoms with Crippen LogP contribution in [0, 0.1) is 11.3 Å². The van der Waals surface area contributed by atoms with Gasteiger partial charge in [0.05, 0.1) is 11.3 Å². The summed E-state index contributed by atoms with van der Waals surface area (Å²) in [5.74, 6) is -0.766. The van der Waals surface area contributed by atoms with Crippen molar-refractivity contribution >= 4 is 11.9 Å². The fraction of sp³-hybridized carbons (Fsp3) is 0.778. The van der Waals surface area contributed by atoms with Crippen molar-refractivity contribution < 1.29 is 14.3 Å². The van der Waals surface area contributed by atoms with E-state index in [0.29, 0.717) is 0 Å². The van der Waals surface area contributed by atoms with Crippen LogP contribution in [0.4, 0.5) is 0 Å². The Kier molecular flexibility index (Phi) is 1.50. The molecule has 3 heteroatoms. The number of cyclic esters (lactones) is 2. The van der Waals surface area contributed by atoms with E-state index in [1.807, 2.05) is 6.92 Å². The maximum Gasteiger partial charge on any atom is 0.320 e. The predicted molar refractivity (Wildman–Crippen MR) is 41.2 cm³/mol. The molecule has 2 fully saturated rings. The molecule has 0 bridgehead atoms. The average Bonchev–Trinajstić information content (AvgIpc) is 2.25. The number of fused-ring (bicyclic) bond motifs is 1. The van der Waals surface area contributed by atoms with E-state index in [0.717, 1.165) is 25.7 Å². The van der Waals surface area contributed by atoms with Gasteiger partial charge in [0.25, 0.3) is 0 Å². The first-order chi connectivity index (χ1) is 5.64. The van der Waals surface area contributed by atoms with Gasteiger partial charge in [-0.2, -0.15) is 0 Å². The van der Waals surface area contributed by atoms with E-state index in [4.69, 9.17) is 0 Å². The monoisotopic (exact) mass is 168 g/mol. The van der Waals surface area contributed by atoms with Gasteiger partial charge in [0.15, 0.2) is 0 Å². The van der Waals surface area contributed by atoms with Crippen molar-refractivity contribution in [3.8, 4) is 0 Å². The minimum atomic E-state index is -0.491. The van der Waals surface area contributed by atoms with Gasteiger partial charge >= 0.3 is 11.9 Å². The van der Waals surface area contributed by atoms with Crippen molar-refractivity contribution in [2.24, 2.45) is 11.3 Å². The summed E-state index contributed by atoms with van der Waals surface area (Å²) >= 11 is 0. The van der Waals surface area contributed by atoms with Crippen LogP contribution in [0.2, 0.25) is 0 Å². The van der Waals surface area contributed by atoms with Gasteiger partial charge in [0.2, 0.25) is 0 Å². The SMILES string of the molecule is C[C@]12CCCC[C@H]1C(=O)OC2=O. The molecule has 0 aromatic heterocycles. The Morgan fingerprint density at radius 3 is 2.83 bits per heavy atom. The first-order valence-corrected chi connectivity index (χ1v) is 4.41. The van der Waals surface area contributed by atoms with Crippen LogP contribution in [-0.4, -0.2) is 11.9 Å². The lowest BCUT2D eigenvalue weighted by atomic mass is 9.69. The Balaban J connectivity index is 2.33. The van der Waals surface area contributed by atoms with Gasteiger partial charge in [-0.3, -0.25) is 9.59 Å². The highest BCUT2D eigenvalue weighted by Gasteiger charge is 2.54. The Morgan fingerprint density at radius 1 is 1.42 bits per heavy atom. The van der Waals surface area contributed by atoms with Crippen molar-refractivity contribution in [3.63, 3.8) is 0 Å². The lowest BCUT2D eigenvalue weighted by Gasteiger charge is -2.29. The Morgan fingerprint density at radius 2 is 2.17 bits per heavy atom. The minimum Gasteiger partial charge on any atom is -0.392 e. The lowest BCUT2D eigenvalue weighted by Crippen LogP contribution is -2.33. The van der Waals surface area contributed by atoms with E-state index in [2.05, 4.69) is 4.74 Å². The van der Waals surface area contributed by atoms with E-state index in [-0.39, 0.29) is 17.9 Å². The maximum atomic E-state index is 11.3. The molecule has 0 spiro atoms. The third kappa shape index (κ3) is 0.822. The molecule has 0 aromatic carbocycles. The first-order valence-electron chi connectivity index (χ1n) is 4.41. The molecule has 1 aliphatic carbocycles. The number of ether oxygens (including phenoxy) is 1. The molecule has 0 aromatic rings. The highest BCUT2D eigenvalue weighted by molar-refractivity contribution is 5.99. The summed E-state index contributed by atoms with van der Waals surface area (Å²) < 4.78 is 4.63. The van der Waals surface area contributed by atoms with Crippen molar-refractivity contribution in [1.29, 1.82) is 0 Å². The molecular weight excluding hydrogens is 156 g/mol. The van der Waals surface area contributed by atoms with Crippen LogP contribution in [0.3, 0.4) is 0 Å². The molecule has 66 valence electrons. The van der Waals surface area contributed by atoms with Crippen molar-refractivity contribution in [2.75, 3.05) is 0 Å². The zero-order valence-electron chi connectivity index (χ0n) is 7.13. The average molecular weight is 168 g/mol. The smallest absolute Gasteiger partial charge is 0.320 e. The van der Waals surface area contributed by atoms with E-state index >= 15 is 0 Å². The lowest BCUT2D eigenvalue weighted by molar-refractivity contribution is -0.155. The molecule has 2 aliphatic rings. The molecule has 3 nitrogen and oxygen atoms in total. The van der Waals surface area contributed by atoms with E-state index in [1.54, 1.807) is 0 Å². The molecule has 1 saturated carbocycles. The molecular formula is C9H12O3. The second kappa shape index (κ2) is 2.31. The first kappa shape index (κ1) is 7.77. The van der Waals surface area contributed by atoms with Gasteiger partial charge in [0.1, 0.15) is 0 Å². The fourth-order valence-electron chi connectivity index (χ4n) is 2.23. The summed E-state index contributed by atoms with van der Waals surface area (Å²) in [7, 11) is 0. The largest absolute Gasteiger partial charge is 0.392 e. The quantitative estimate of drug-likeness (QED) is 0.404. The molecule has 2 rings (SSSR count). The van der Waals surface area contributed by atoms with E-state index in [9.17, 15) is 9.59 Å². The second-order valence-electron chi connectivity index (χ2n) is 3.92. The van der Waals surface area contributed by atoms with Crippen LogP contribution in [0.5, 0.6) is 0 Å².